The SMILES string of the molecule is C1=CC(N(c2ccccc2)c2ccc(-c3ccc(-c4ccc(N(c5ccccc5)c5ccc(-c6ccccc6)cc5)cc4)cc3)c(-c3ccc4ccccc4c3)c2)CC=C1c1ccccc1. The summed E-state index contributed by atoms with van der Waals surface area (Å²) in [5.74, 6) is 0. The van der Waals surface area contributed by atoms with Gasteiger partial charge < -0.3 is 9.80 Å². The van der Waals surface area contributed by atoms with Gasteiger partial charge in [0, 0.05) is 28.4 Å². The number of allylic oxidation sites excluding steroid dienone is 2. The summed E-state index contributed by atoms with van der Waals surface area (Å²) >= 11 is 0. The average Bonchev–Trinajstić information content (AvgIpc) is 3.40. The summed E-state index contributed by atoms with van der Waals surface area (Å²) in [6, 6.07) is 92.2. The van der Waals surface area contributed by atoms with Crippen LogP contribution in [0.3, 0.4) is 0 Å². The first-order chi connectivity index (χ1) is 32.7. The lowest BCUT2D eigenvalue weighted by atomic mass is 9.91. The number of hydrogen-bond donors (Lipinski definition) is 0. The first-order valence-electron chi connectivity index (χ1n) is 22.8. The van der Waals surface area contributed by atoms with Crippen LogP contribution in [0.5, 0.6) is 0 Å². The standard InChI is InChI=1S/C64H48N2/c1-5-15-47(16-6-1)51-31-37-59(38-32-51)65(57-21-9-3-10-22-57)60-39-35-53(36-40-60)50-25-28-54(29-26-50)63-44-43-62(46-64(63)56-30-27-49-19-13-14-20-55(49)45-56)66(58-23-11-4-12-24-58)61-41-33-52(34-42-61)48-17-7-2-8-18-48/h1-41,43-46,61H,42H2. The van der Waals surface area contributed by atoms with Gasteiger partial charge >= 0.3 is 0 Å². The molecule has 0 aliphatic heterocycles. The van der Waals surface area contributed by atoms with E-state index in [0.717, 1.165) is 29.2 Å². The van der Waals surface area contributed by atoms with Gasteiger partial charge in [-0.3, -0.25) is 0 Å². The van der Waals surface area contributed by atoms with E-state index in [0.29, 0.717) is 0 Å². The van der Waals surface area contributed by atoms with Crippen LogP contribution < -0.4 is 9.80 Å². The Balaban J connectivity index is 0.926. The molecule has 1 aliphatic rings. The number of hydrogen-bond acceptors (Lipinski definition) is 2. The van der Waals surface area contributed by atoms with E-state index in [9.17, 15) is 0 Å². The van der Waals surface area contributed by atoms with E-state index >= 15 is 0 Å². The topological polar surface area (TPSA) is 6.48 Å². The molecule has 10 aromatic carbocycles. The third-order valence-corrected chi connectivity index (χ3v) is 12.8. The Labute approximate surface area is 388 Å². The van der Waals surface area contributed by atoms with Crippen LogP contribution in [-0.4, -0.2) is 6.04 Å². The van der Waals surface area contributed by atoms with Gasteiger partial charge in [0.2, 0.25) is 0 Å². The third kappa shape index (κ3) is 8.36. The number of rotatable bonds is 11. The van der Waals surface area contributed by atoms with Crippen molar-refractivity contribution in [2.45, 2.75) is 12.5 Å². The van der Waals surface area contributed by atoms with Gasteiger partial charge in [-0.1, -0.05) is 206 Å². The summed E-state index contributed by atoms with van der Waals surface area (Å²) in [5.41, 5.74) is 17.7. The van der Waals surface area contributed by atoms with Gasteiger partial charge in [0.05, 0.1) is 6.04 Å². The highest BCUT2D eigenvalue weighted by Gasteiger charge is 2.23. The van der Waals surface area contributed by atoms with Crippen LogP contribution in [0.25, 0.3) is 60.9 Å². The molecule has 2 heteroatoms. The van der Waals surface area contributed by atoms with Crippen LogP contribution in [0.4, 0.5) is 28.4 Å². The van der Waals surface area contributed by atoms with Crippen LogP contribution in [-0.2, 0) is 0 Å². The van der Waals surface area contributed by atoms with Gasteiger partial charge in [-0.15, -0.1) is 0 Å². The first kappa shape index (κ1) is 40.3. The van der Waals surface area contributed by atoms with Crippen molar-refractivity contribution in [2.75, 3.05) is 9.80 Å². The molecule has 1 aliphatic carbocycles. The smallest absolute Gasteiger partial charge is 0.0560 e. The molecule has 0 spiro atoms. The van der Waals surface area contributed by atoms with Crippen molar-refractivity contribution in [3.63, 3.8) is 0 Å². The molecule has 0 saturated carbocycles. The molecule has 1 unspecified atom stereocenters. The Morgan fingerprint density at radius 2 is 0.758 bits per heavy atom. The highest BCUT2D eigenvalue weighted by atomic mass is 15.2. The van der Waals surface area contributed by atoms with Gasteiger partial charge in [-0.25, -0.2) is 0 Å². The van der Waals surface area contributed by atoms with Crippen molar-refractivity contribution in [3.8, 4) is 44.5 Å². The summed E-state index contributed by atoms with van der Waals surface area (Å²) in [6.07, 6.45) is 7.94. The third-order valence-electron chi connectivity index (χ3n) is 12.8. The van der Waals surface area contributed by atoms with Gasteiger partial charge in [0.25, 0.3) is 0 Å². The van der Waals surface area contributed by atoms with Crippen molar-refractivity contribution >= 4 is 44.8 Å². The average molecular weight is 845 g/mol. The minimum atomic E-state index is 0.154. The highest BCUT2D eigenvalue weighted by Crippen LogP contribution is 2.42. The van der Waals surface area contributed by atoms with Gasteiger partial charge in [-0.05, 0) is 140 Å². The number of para-hydroxylation sites is 2. The Morgan fingerprint density at radius 3 is 1.35 bits per heavy atom. The zero-order valence-electron chi connectivity index (χ0n) is 36.7. The molecular weight excluding hydrogens is 797 g/mol. The van der Waals surface area contributed by atoms with Crippen molar-refractivity contribution in [1.82, 2.24) is 0 Å². The van der Waals surface area contributed by atoms with E-state index in [1.807, 2.05) is 0 Å². The highest BCUT2D eigenvalue weighted by molar-refractivity contribution is 5.93. The fraction of sp³-hybridized carbons (Fsp3) is 0.0312. The van der Waals surface area contributed by atoms with E-state index in [2.05, 4.69) is 283 Å². The van der Waals surface area contributed by atoms with E-state index < -0.39 is 0 Å². The molecule has 0 saturated heterocycles. The van der Waals surface area contributed by atoms with Gasteiger partial charge in [0.1, 0.15) is 0 Å². The van der Waals surface area contributed by atoms with Crippen LogP contribution in [0, 0.1) is 0 Å². The van der Waals surface area contributed by atoms with Crippen molar-refractivity contribution in [2.24, 2.45) is 0 Å². The molecule has 0 amide bonds. The summed E-state index contributed by atoms with van der Waals surface area (Å²) in [5, 5.41) is 2.47. The molecule has 0 radical (unpaired) electrons. The number of anilines is 5. The molecule has 0 fully saturated rings. The maximum absolute atomic E-state index is 2.49. The Morgan fingerprint density at radius 1 is 0.303 bits per heavy atom. The number of nitrogens with zero attached hydrogens (tertiary/aromatic N) is 2. The second-order valence-corrected chi connectivity index (χ2v) is 16.9. The van der Waals surface area contributed by atoms with Crippen molar-refractivity contribution in [1.29, 1.82) is 0 Å². The number of fused-ring (bicyclic) bond motifs is 1. The maximum atomic E-state index is 2.49. The normalized spacial score (nSPS) is 13.3. The molecular formula is C64H48N2. The Kier molecular flexibility index (Phi) is 11.2. The molecule has 1 atom stereocenters. The van der Waals surface area contributed by atoms with E-state index in [4.69, 9.17) is 0 Å². The quantitative estimate of drug-likeness (QED) is 0.128. The summed E-state index contributed by atoms with van der Waals surface area (Å²) < 4.78 is 0. The summed E-state index contributed by atoms with van der Waals surface area (Å²) in [6.45, 7) is 0. The van der Waals surface area contributed by atoms with Crippen LogP contribution in [0.15, 0.2) is 273 Å². The molecule has 0 N–H and O–H groups in total. The minimum absolute atomic E-state index is 0.154. The molecule has 10 aromatic rings. The zero-order chi connectivity index (χ0) is 44.1. The van der Waals surface area contributed by atoms with Crippen LogP contribution >= 0.6 is 0 Å². The largest absolute Gasteiger partial charge is 0.334 e. The lowest BCUT2D eigenvalue weighted by Crippen LogP contribution is -2.30. The molecule has 314 valence electrons. The predicted molar refractivity (Wildman–Crippen MR) is 281 cm³/mol. The van der Waals surface area contributed by atoms with Crippen molar-refractivity contribution in [3.05, 3.63) is 279 Å². The lowest BCUT2D eigenvalue weighted by molar-refractivity contribution is 0.787. The summed E-state index contributed by atoms with van der Waals surface area (Å²) in [7, 11) is 0. The van der Waals surface area contributed by atoms with Crippen LogP contribution in [0.1, 0.15) is 12.0 Å². The Hall–Kier alpha value is -8.46. The van der Waals surface area contributed by atoms with E-state index in [1.54, 1.807) is 0 Å². The Bertz CT molecular complexity index is 3280. The zero-order valence-corrected chi connectivity index (χ0v) is 36.7. The monoisotopic (exact) mass is 844 g/mol. The van der Waals surface area contributed by atoms with Crippen molar-refractivity contribution < 1.29 is 0 Å². The summed E-state index contributed by atoms with van der Waals surface area (Å²) in [4.78, 5) is 4.82. The predicted octanol–water partition coefficient (Wildman–Crippen LogP) is 17.5. The molecule has 0 heterocycles. The molecule has 0 aromatic heterocycles. The molecule has 2 nitrogen and oxygen atoms in total. The maximum Gasteiger partial charge on any atom is 0.0560 e. The second-order valence-electron chi connectivity index (χ2n) is 16.9. The van der Waals surface area contributed by atoms with Gasteiger partial charge in [-0.2, -0.15) is 0 Å². The number of benzene rings is 10. The van der Waals surface area contributed by atoms with E-state index in [1.165, 1.54) is 72.1 Å². The minimum Gasteiger partial charge on any atom is -0.334 e. The molecule has 11 rings (SSSR count). The fourth-order valence-corrected chi connectivity index (χ4v) is 9.40. The van der Waals surface area contributed by atoms with Crippen LogP contribution in [0.2, 0.25) is 0 Å². The molecule has 66 heavy (non-hydrogen) atoms. The van der Waals surface area contributed by atoms with Gasteiger partial charge in [0.15, 0.2) is 0 Å². The first-order valence-corrected chi connectivity index (χ1v) is 22.8. The second kappa shape index (κ2) is 18.3. The van der Waals surface area contributed by atoms with E-state index in [-0.39, 0.29) is 6.04 Å². The lowest BCUT2D eigenvalue weighted by Gasteiger charge is -2.34. The fourth-order valence-electron chi connectivity index (χ4n) is 9.40. The molecule has 0 bridgehead atoms.